The number of benzene rings is 1. The fourth-order valence-corrected chi connectivity index (χ4v) is 2.10. The Morgan fingerprint density at radius 3 is 3.00 bits per heavy atom. The highest BCUT2D eigenvalue weighted by Gasteiger charge is 2.24. The Morgan fingerprint density at radius 2 is 2.30 bits per heavy atom. The number of allylic oxidation sites excluding steroid dienone is 1. The van der Waals surface area contributed by atoms with Crippen LogP contribution in [-0.2, 0) is 16.0 Å². The molecule has 1 aliphatic heterocycles. The van der Waals surface area contributed by atoms with E-state index >= 15 is 0 Å². The fourth-order valence-electron chi connectivity index (χ4n) is 2.10. The van der Waals surface area contributed by atoms with Gasteiger partial charge in [0, 0.05) is 6.42 Å². The lowest BCUT2D eigenvalue weighted by Gasteiger charge is -2.10. The minimum Gasteiger partial charge on any atom is -0.488 e. The molecule has 0 saturated carbocycles. The first-order valence-corrected chi connectivity index (χ1v) is 6.42. The van der Waals surface area contributed by atoms with Gasteiger partial charge in [-0.15, -0.1) is 0 Å². The van der Waals surface area contributed by atoms with Gasteiger partial charge in [0.2, 0.25) is 5.91 Å². The van der Waals surface area contributed by atoms with Crippen molar-refractivity contribution >= 4 is 11.9 Å². The second-order valence-corrected chi connectivity index (χ2v) is 4.50. The number of fused-ring (bicyclic) bond motifs is 1. The molecule has 5 heteroatoms. The quantitative estimate of drug-likeness (QED) is 0.667. The molecular formula is C15H17NO4. The first-order valence-electron chi connectivity index (χ1n) is 6.42. The topological polar surface area (TPSA) is 64.6 Å². The number of ether oxygens (including phenoxy) is 2. The van der Waals surface area contributed by atoms with E-state index in [4.69, 9.17) is 4.74 Å². The van der Waals surface area contributed by atoms with E-state index in [2.05, 4.69) is 10.1 Å². The van der Waals surface area contributed by atoms with Gasteiger partial charge in [0.05, 0.1) is 19.2 Å². The van der Waals surface area contributed by atoms with E-state index in [1.54, 1.807) is 31.2 Å². The molecule has 20 heavy (non-hydrogen) atoms. The molecule has 0 unspecified atom stereocenters. The second-order valence-electron chi connectivity index (χ2n) is 4.50. The molecular weight excluding hydrogens is 258 g/mol. The SMILES string of the molecule is C/C=C/C(=O)NC[C@@H]1Cc2cc(C(=O)OC)ccc2O1. The van der Waals surface area contributed by atoms with Crippen molar-refractivity contribution in [3.8, 4) is 5.75 Å². The van der Waals surface area contributed by atoms with Crippen molar-refractivity contribution in [2.45, 2.75) is 19.4 Å². The third kappa shape index (κ3) is 3.17. The average Bonchev–Trinajstić information content (AvgIpc) is 2.86. The molecule has 2 rings (SSSR count). The predicted molar refractivity (Wildman–Crippen MR) is 73.7 cm³/mol. The molecule has 0 saturated heterocycles. The minimum atomic E-state index is -0.363. The van der Waals surface area contributed by atoms with Crippen LogP contribution in [0.1, 0.15) is 22.8 Å². The summed E-state index contributed by atoms with van der Waals surface area (Å²) in [5, 5.41) is 2.77. The highest BCUT2D eigenvalue weighted by atomic mass is 16.5. The van der Waals surface area contributed by atoms with Crippen LogP contribution in [0.15, 0.2) is 30.4 Å². The van der Waals surface area contributed by atoms with Crippen LogP contribution >= 0.6 is 0 Å². The molecule has 0 radical (unpaired) electrons. The zero-order valence-corrected chi connectivity index (χ0v) is 11.5. The maximum atomic E-state index is 11.5. The van der Waals surface area contributed by atoms with Crippen LogP contribution in [0.25, 0.3) is 0 Å². The summed E-state index contributed by atoms with van der Waals surface area (Å²) in [4.78, 5) is 22.8. The minimum absolute atomic E-state index is 0.105. The molecule has 5 nitrogen and oxygen atoms in total. The van der Waals surface area contributed by atoms with E-state index in [9.17, 15) is 9.59 Å². The standard InChI is InChI=1S/C15H17NO4/c1-3-4-14(17)16-9-12-8-11-7-10(15(18)19-2)5-6-13(11)20-12/h3-7,12H,8-9H2,1-2H3,(H,16,17)/b4-3+/t12-/m0/s1. The summed E-state index contributed by atoms with van der Waals surface area (Å²) in [7, 11) is 1.35. The lowest BCUT2D eigenvalue weighted by Crippen LogP contribution is -2.33. The van der Waals surface area contributed by atoms with Gasteiger partial charge in [-0.3, -0.25) is 4.79 Å². The average molecular weight is 275 g/mol. The smallest absolute Gasteiger partial charge is 0.337 e. The maximum Gasteiger partial charge on any atom is 0.337 e. The molecule has 1 N–H and O–H groups in total. The van der Waals surface area contributed by atoms with Crippen molar-refractivity contribution < 1.29 is 19.1 Å². The number of hydrogen-bond acceptors (Lipinski definition) is 4. The number of nitrogens with one attached hydrogen (secondary N) is 1. The van der Waals surface area contributed by atoms with Crippen LogP contribution in [0.4, 0.5) is 0 Å². The summed E-state index contributed by atoms with van der Waals surface area (Å²) in [6.45, 7) is 2.22. The fraction of sp³-hybridized carbons (Fsp3) is 0.333. The van der Waals surface area contributed by atoms with Gasteiger partial charge in [-0.05, 0) is 36.8 Å². The third-order valence-electron chi connectivity index (χ3n) is 3.04. The van der Waals surface area contributed by atoms with Crippen LogP contribution in [0.2, 0.25) is 0 Å². The van der Waals surface area contributed by atoms with E-state index in [1.807, 2.05) is 0 Å². The van der Waals surface area contributed by atoms with Gasteiger partial charge >= 0.3 is 5.97 Å². The maximum absolute atomic E-state index is 11.5. The predicted octanol–water partition coefficient (Wildman–Crippen LogP) is 1.47. The van der Waals surface area contributed by atoms with Gasteiger partial charge in [0.25, 0.3) is 0 Å². The van der Waals surface area contributed by atoms with E-state index in [0.717, 1.165) is 11.3 Å². The molecule has 0 aliphatic carbocycles. The third-order valence-corrected chi connectivity index (χ3v) is 3.04. The Hall–Kier alpha value is -2.30. The lowest BCUT2D eigenvalue weighted by atomic mass is 10.1. The first kappa shape index (κ1) is 14.1. The van der Waals surface area contributed by atoms with Crippen LogP contribution in [0.3, 0.4) is 0 Å². The molecule has 1 atom stereocenters. The Bertz CT molecular complexity index is 551. The van der Waals surface area contributed by atoms with E-state index in [1.165, 1.54) is 13.2 Å². The number of carbonyl (C=O) groups is 2. The summed E-state index contributed by atoms with van der Waals surface area (Å²) in [6, 6.07) is 5.20. The van der Waals surface area contributed by atoms with Crippen molar-refractivity contribution in [2.75, 3.05) is 13.7 Å². The normalized spacial score (nSPS) is 16.6. The van der Waals surface area contributed by atoms with E-state index in [0.29, 0.717) is 18.5 Å². The molecule has 1 aromatic carbocycles. The summed E-state index contributed by atoms with van der Waals surface area (Å²) in [5.74, 6) is 0.253. The largest absolute Gasteiger partial charge is 0.488 e. The van der Waals surface area contributed by atoms with Crippen LogP contribution < -0.4 is 10.1 Å². The summed E-state index contributed by atoms with van der Waals surface area (Å²) in [6.07, 6.45) is 3.71. The number of amides is 1. The van der Waals surface area contributed by atoms with Gasteiger partial charge in [0.1, 0.15) is 11.9 Å². The molecule has 1 heterocycles. The number of carbonyl (C=O) groups excluding carboxylic acids is 2. The van der Waals surface area contributed by atoms with Crippen molar-refractivity contribution in [1.29, 1.82) is 0 Å². The van der Waals surface area contributed by atoms with E-state index < -0.39 is 0 Å². The molecule has 106 valence electrons. The molecule has 1 aromatic rings. The van der Waals surface area contributed by atoms with Crippen LogP contribution in [0.5, 0.6) is 5.75 Å². The van der Waals surface area contributed by atoms with Gasteiger partial charge in [0.15, 0.2) is 0 Å². The molecule has 0 fully saturated rings. The highest BCUT2D eigenvalue weighted by molar-refractivity contribution is 5.90. The zero-order chi connectivity index (χ0) is 14.5. The second kappa shape index (κ2) is 6.23. The highest BCUT2D eigenvalue weighted by Crippen LogP contribution is 2.29. The molecule has 1 amide bonds. The zero-order valence-electron chi connectivity index (χ0n) is 11.5. The van der Waals surface area contributed by atoms with E-state index in [-0.39, 0.29) is 18.0 Å². The Balaban J connectivity index is 1.97. The van der Waals surface area contributed by atoms with Crippen molar-refractivity contribution in [2.24, 2.45) is 0 Å². The first-order chi connectivity index (χ1) is 9.63. The number of esters is 1. The monoisotopic (exact) mass is 275 g/mol. The Kier molecular flexibility index (Phi) is 4.40. The van der Waals surface area contributed by atoms with Crippen molar-refractivity contribution in [1.82, 2.24) is 5.32 Å². The van der Waals surface area contributed by atoms with Crippen molar-refractivity contribution in [3.63, 3.8) is 0 Å². The molecule has 1 aliphatic rings. The molecule has 0 aromatic heterocycles. The van der Waals surface area contributed by atoms with Gasteiger partial charge in [-0.1, -0.05) is 6.08 Å². The van der Waals surface area contributed by atoms with Gasteiger partial charge in [-0.25, -0.2) is 4.79 Å². The number of methoxy groups -OCH3 is 1. The number of rotatable bonds is 4. The van der Waals surface area contributed by atoms with Crippen molar-refractivity contribution in [3.05, 3.63) is 41.5 Å². The summed E-state index contributed by atoms with van der Waals surface area (Å²) < 4.78 is 10.4. The Morgan fingerprint density at radius 1 is 1.50 bits per heavy atom. The van der Waals surface area contributed by atoms with Gasteiger partial charge < -0.3 is 14.8 Å². The molecule has 0 bridgehead atoms. The number of hydrogen-bond donors (Lipinski definition) is 1. The van der Waals surface area contributed by atoms with Crippen LogP contribution in [0, 0.1) is 0 Å². The van der Waals surface area contributed by atoms with Crippen LogP contribution in [-0.4, -0.2) is 31.6 Å². The van der Waals surface area contributed by atoms with Gasteiger partial charge in [-0.2, -0.15) is 0 Å². The lowest BCUT2D eigenvalue weighted by molar-refractivity contribution is -0.116. The molecule has 0 spiro atoms. The Labute approximate surface area is 117 Å². The summed E-state index contributed by atoms with van der Waals surface area (Å²) in [5.41, 5.74) is 1.46. The summed E-state index contributed by atoms with van der Waals surface area (Å²) >= 11 is 0.